The summed E-state index contributed by atoms with van der Waals surface area (Å²) in [6.45, 7) is 0. The average Bonchev–Trinajstić information content (AvgIpc) is 2.34. The number of hydrogen-bond donors (Lipinski definition) is 2. The van der Waals surface area contributed by atoms with E-state index in [0.717, 1.165) is 5.82 Å². The quantitative estimate of drug-likeness (QED) is 0.565. The third-order valence-electron chi connectivity index (χ3n) is 0.870. The fourth-order valence-corrected chi connectivity index (χ4v) is 0.508. The maximum atomic E-state index is 6.65. The van der Waals surface area contributed by atoms with Gasteiger partial charge in [0.2, 0.25) is 0 Å². The molecular formula is C6H7N3. The lowest BCUT2D eigenvalue weighted by Crippen LogP contribution is -1.71. The largest absolute Gasteiger partial charge is 0.345 e. The van der Waals surface area contributed by atoms with Crippen LogP contribution in [0.5, 0.6) is 0 Å². The van der Waals surface area contributed by atoms with E-state index >= 15 is 0 Å². The molecule has 9 heavy (non-hydrogen) atoms. The zero-order valence-corrected chi connectivity index (χ0v) is 4.83. The molecule has 0 atom stereocenters. The van der Waals surface area contributed by atoms with E-state index in [2.05, 4.69) is 9.97 Å². The molecule has 0 bridgehead atoms. The van der Waals surface area contributed by atoms with Crippen molar-refractivity contribution in [3.8, 4) is 0 Å². The smallest absolute Gasteiger partial charge is 0.129 e. The molecule has 3 nitrogen and oxygen atoms in total. The zero-order valence-electron chi connectivity index (χ0n) is 4.83. The molecule has 0 unspecified atom stereocenters. The second kappa shape index (κ2) is 2.81. The number of rotatable bonds is 2. The van der Waals surface area contributed by atoms with Gasteiger partial charge in [-0.2, -0.15) is 0 Å². The number of aromatic nitrogens is 2. The molecule has 0 aliphatic heterocycles. The van der Waals surface area contributed by atoms with Crippen molar-refractivity contribution in [3.05, 3.63) is 24.3 Å². The van der Waals surface area contributed by atoms with Crippen LogP contribution in [0.25, 0.3) is 6.08 Å². The van der Waals surface area contributed by atoms with Gasteiger partial charge in [-0.3, -0.25) is 0 Å². The van der Waals surface area contributed by atoms with Gasteiger partial charge in [0.05, 0.1) is 0 Å². The Morgan fingerprint density at radius 2 is 2.56 bits per heavy atom. The highest BCUT2D eigenvalue weighted by Gasteiger charge is 1.81. The molecule has 1 rings (SSSR count). The Labute approximate surface area is 53.0 Å². The van der Waals surface area contributed by atoms with E-state index in [-0.39, 0.29) is 0 Å². The fourth-order valence-electron chi connectivity index (χ4n) is 0.508. The third-order valence-corrected chi connectivity index (χ3v) is 0.870. The Kier molecular flexibility index (Phi) is 1.80. The minimum absolute atomic E-state index is 0.776. The first kappa shape index (κ1) is 5.75. The minimum atomic E-state index is 0.776. The van der Waals surface area contributed by atoms with Crippen LogP contribution >= 0.6 is 0 Å². The molecule has 0 aromatic carbocycles. The SMILES string of the molecule is N=C/C=C\c1ncc[nH]1. The maximum Gasteiger partial charge on any atom is 0.129 e. The summed E-state index contributed by atoms with van der Waals surface area (Å²) in [5, 5.41) is 6.65. The Morgan fingerprint density at radius 1 is 1.67 bits per heavy atom. The van der Waals surface area contributed by atoms with Crippen molar-refractivity contribution in [2.75, 3.05) is 0 Å². The Hall–Kier alpha value is -1.38. The fraction of sp³-hybridized carbons (Fsp3) is 0. The highest BCUT2D eigenvalue weighted by molar-refractivity contribution is 5.74. The predicted molar refractivity (Wildman–Crippen MR) is 36.4 cm³/mol. The standard InChI is InChI=1S/C6H7N3/c7-3-1-2-6-8-4-5-9-6/h1-5,7H,(H,8,9)/b2-1-,7-3?. The number of aromatic amines is 1. The second-order valence-electron chi connectivity index (χ2n) is 1.50. The van der Waals surface area contributed by atoms with E-state index in [1.165, 1.54) is 6.21 Å². The summed E-state index contributed by atoms with van der Waals surface area (Å²) in [4.78, 5) is 6.78. The number of hydrogen-bond acceptors (Lipinski definition) is 2. The van der Waals surface area contributed by atoms with Crippen LogP contribution in [-0.4, -0.2) is 16.2 Å². The molecular weight excluding hydrogens is 114 g/mol. The molecule has 0 aliphatic rings. The lowest BCUT2D eigenvalue weighted by Gasteiger charge is -1.76. The Bertz CT molecular complexity index is 198. The lowest BCUT2D eigenvalue weighted by molar-refractivity contribution is 1.27. The molecule has 0 amide bonds. The summed E-state index contributed by atoms with van der Waals surface area (Å²) in [5.74, 6) is 0.776. The van der Waals surface area contributed by atoms with Crippen LogP contribution in [0, 0.1) is 5.41 Å². The van der Waals surface area contributed by atoms with E-state index in [1.807, 2.05) is 0 Å². The Balaban J connectivity index is 2.67. The van der Waals surface area contributed by atoms with Crippen molar-refractivity contribution in [1.29, 1.82) is 5.41 Å². The average molecular weight is 121 g/mol. The van der Waals surface area contributed by atoms with Gasteiger partial charge >= 0.3 is 0 Å². The highest BCUT2D eigenvalue weighted by Crippen LogP contribution is 1.88. The molecule has 0 aliphatic carbocycles. The van der Waals surface area contributed by atoms with E-state index in [1.54, 1.807) is 24.5 Å². The van der Waals surface area contributed by atoms with Crippen LogP contribution in [0.4, 0.5) is 0 Å². The van der Waals surface area contributed by atoms with Crippen LogP contribution in [0.1, 0.15) is 5.82 Å². The van der Waals surface area contributed by atoms with E-state index in [9.17, 15) is 0 Å². The van der Waals surface area contributed by atoms with Crippen molar-refractivity contribution < 1.29 is 0 Å². The van der Waals surface area contributed by atoms with Crippen molar-refractivity contribution in [1.82, 2.24) is 9.97 Å². The number of nitrogens with one attached hydrogen (secondary N) is 2. The van der Waals surface area contributed by atoms with Crippen molar-refractivity contribution >= 4 is 12.3 Å². The summed E-state index contributed by atoms with van der Waals surface area (Å²) in [7, 11) is 0. The van der Waals surface area contributed by atoms with Gasteiger partial charge in [-0.05, 0) is 12.2 Å². The monoisotopic (exact) mass is 121 g/mol. The summed E-state index contributed by atoms with van der Waals surface area (Å²) in [6, 6.07) is 0. The molecule has 0 spiro atoms. The molecule has 0 fully saturated rings. The normalized spacial score (nSPS) is 10.2. The van der Waals surface area contributed by atoms with Gasteiger partial charge < -0.3 is 10.4 Å². The predicted octanol–water partition coefficient (Wildman–Crippen LogP) is 1.07. The van der Waals surface area contributed by atoms with Gasteiger partial charge in [0, 0.05) is 18.6 Å². The van der Waals surface area contributed by atoms with Crippen LogP contribution < -0.4 is 0 Å². The first-order valence-corrected chi connectivity index (χ1v) is 2.60. The van der Waals surface area contributed by atoms with Crippen LogP contribution in [-0.2, 0) is 0 Å². The third kappa shape index (κ3) is 1.53. The summed E-state index contributed by atoms with van der Waals surface area (Å²) < 4.78 is 0. The summed E-state index contributed by atoms with van der Waals surface area (Å²) in [5.41, 5.74) is 0. The van der Waals surface area contributed by atoms with Crippen molar-refractivity contribution in [2.24, 2.45) is 0 Å². The summed E-state index contributed by atoms with van der Waals surface area (Å²) in [6.07, 6.45) is 7.96. The van der Waals surface area contributed by atoms with Crippen molar-refractivity contribution in [2.45, 2.75) is 0 Å². The summed E-state index contributed by atoms with van der Waals surface area (Å²) >= 11 is 0. The van der Waals surface area contributed by atoms with Crippen LogP contribution in [0.2, 0.25) is 0 Å². The van der Waals surface area contributed by atoms with Gasteiger partial charge in [0.1, 0.15) is 5.82 Å². The first-order valence-electron chi connectivity index (χ1n) is 2.60. The molecule has 2 N–H and O–H groups in total. The zero-order chi connectivity index (χ0) is 6.53. The van der Waals surface area contributed by atoms with Crippen molar-refractivity contribution in [3.63, 3.8) is 0 Å². The van der Waals surface area contributed by atoms with Crippen LogP contribution in [0.3, 0.4) is 0 Å². The molecule has 0 saturated carbocycles. The van der Waals surface area contributed by atoms with Gasteiger partial charge in [0.25, 0.3) is 0 Å². The molecule has 0 saturated heterocycles. The van der Waals surface area contributed by atoms with E-state index in [0.29, 0.717) is 0 Å². The van der Waals surface area contributed by atoms with Gasteiger partial charge in [-0.25, -0.2) is 4.98 Å². The maximum absolute atomic E-state index is 6.65. The number of imidazole rings is 1. The number of allylic oxidation sites excluding steroid dienone is 1. The topological polar surface area (TPSA) is 52.5 Å². The van der Waals surface area contributed by atoms with Gasteiger partial charge in [-0.15, -0.1) is 0 Å². The molecule has 0 radical (unpaired) electrons. The molecule has 1 aromatic heterocycles. The molecule has 1 aromatic rings. The van der Waals surface area contributed by atoms with Gasteiger partial charge in [-0.1, -0.05) is 0 Å². The molecule has 3 heteroatoms. The number of nitrogens with zero attached hydrogens (tertiary/aromatic N) is 1. The second-order valence-corrected chi connectivity index (χ2v) is 1.50. The highest BCUT2D eigenvalue weighted by atomic mass is 14.9. The first-order chi connectivity index (χ1) is 4.43. The minimum Gasteiger partial charge on any atom is -0.345 e. The van der Waals surface area contributed by atoms with E-state index < -0.39 is 0 Å². The Morgan fingerprint density at radius 3 is 3.11 bits per heavy atom. The van der Waals surface area contributed by atoms with Gasteiger partial charge in [0.15, 0.2) is 0 Å². The van der Waals surface area contributed by atoms with Crippen LogP contribution in [0.15, 0.2) is 18.5 Å². The van der Waals surface area contributed by atoms with E-state index in [4.69, 9.17) is 5.41 Å². The molecule has 46 valence electrons. The molecule has 1 heterocycles. The lowest BCUT2D eigenvalue weighted by atomic mass is 10.5. The number of H-pyrrole nitrogens is 1.